The highest BCUT2D eigenvalue weighted by Gasteiger charge is 2.44. The fourth-order valence-corrected chi connectivity index (χ4v) is 5.25. The summed E-state index contributed by atoms with van der Waals surface area (Å²) in [6.07, 6.45) is 6.37. The number of piperidine rings is 1. The molecule has 5 nitrogen and oxygen atoms in total. The predicted molar refractivity (Wildman–Crippen MR) is 81.1 cm³/mol. The van der Waals surface area contributed by atoms with Gasteiger partial charge in [-0.1, -0.05) is 6.42 Å². The van der Waals surface area contributed by atoms with Gasteiger partial charge in [0, 0.05) is 25.0 Å². The van der Waals surface area contributed by atoms with Crippen molar-refractivity contribution in [2.24, 2.45) is 17.8 Å². The molecule has 0 aromatic carbocycles. The third-order valence-corrected chi connectivity index (χ3v) is 7.04. The van der Waals surface area contributed by atoms with Crippen LogP contribution in [0, 0.1) is 17.8 Å². The molecule has 120 valence electrons. The summed E-state index contributed by atoms with van der Waals surface area (Å²) in [6, 6.07) is -0.000899. The Kier molecular flexibility index (Phi) is 4.28. The second-order valence-corrected chi connectivity index (χ2v) is 8.94. The molecular weight excluding hydrogens is 288 g/mol. The second-order valence-electron chi connectivity index (χ2n) is 6.90. The Bertz CT molecular complexity index is 497. The summed E-state index contributed by atoms with van der Waals surface area (Å²) in [5.41, 5.74) is 0. The van der Waals surface area contributed by atoms with Gasteiger partial charge < -0.3 is 4.90 Å². The topological polar surface area (TPSA) is 66.5 Å². The lowest BCUT2D eigenvalue weighted by Gasteiger charge is -2.35. The molecule has 21 heavy (non-hydrogen) atoms. The highest BCUT2D eigenvalue weighted by Crippen LogP contribution is 2.49. The molecule has 1 amide bonds. The molecule has 1 N–H and O–H groups in total. The lowest BCUT2D eigenvalue weighted by molar-refractivity contribution is -0.138. The number of carbonyl (C=O) groups excluding carboxylic acids is 1. The van der Waals surface area contributed by atoms with E-state index in [1.165, 1.54) is 19.3 Å². The SMILES string of the molecule is CCS(=O)(=O)NC1CCN(C(=O)[C@@H]2C[C@H]3CC[C@H]2C3)CC1. The number of nitrogens with zero attached hydrogens (tertiary/aromatic N) is 1. The van der Waals surface area contributed by atoms with Crippen molar-refractivity contribution in [3.63, 3.8) is 0 Å². The number of carbonyl (C=O) groups is 1. The van der Waals surface area contributed by atoms with Crippen molar-refractivity contribution >= 4 is 15.9 Å². The maximum Gasteiger partial charge on any atom is 0.225 e. The highest BCUT2D eigenvalue weighted by molar-refractivity contribution is 7.89. The van der Waals surface area contributed by atoms with E-state index in [4.69, 9.17) is 0 Å². The van der Waals surface area contributed by atoms with Crippen molar-refractivity contribution in [1.82, 2.24) is 9.62 Å². The molecule has 3 aliphatic rings. The van der Waals surface area contributed by atoms with E-state index >= 15 is 0 Å². The van der Waals surface area contributed by atoms with Crippen molar-refractivity contribution < 1.29 is 13.2 Å². The number of sulfonamides is 1. The fourth-order valence-electron chi connectivity index (χ4n) is 4.34. The smallest absolute Gasteiger partial charge is 0.225 e. The first-order valence-corrected chi connectivity index (χ1v) is 9.92. The van der Waals surface area contributed by atoms with Gasteiger partial charge in [0.2, 0.25) is 15.9 Å². The highest BCUT2D eigenvalue weighted by atomic mass is 32.2. The number of rotatable bonds is 4. The standard InChI is InChI=1S/C15H26N2O3S/c1-2-21(19,20)16-13-5-7-17(8-6-13)15(18)14-10-11-3-4-12(14)9-11/h11-14,16H,2-10H2,1H3/t11-,12-,14+/m0/s1. The molecule has 1 saturated heterocycles. The summed E-state index contributed by atoms with van der Waals surface area (Å²) in [7, 11) is -3.13. The van der Waals surface area contributed by atoms with Gasteiger partial charge in [-0.25, -0.2) is 13.1 Å². The van der Waals surface area contributed by atoms with E-state index in [1.807, 2.05) is 4.90 Å². The summed E-state index contributed by atoms with van der Waals surface area (Å²) < 4.78 is 25.9. The van der Waals surface area contributed by atoms with E-state index < -0.39 is 10.0 Å². The Labute approximate surface area is 127 Å². The minimum absolute atomic E-state index is 0.000899. The average molecular weight is 314 g/mol. The van der Waals surface area contributed by atoms with E-state index in [0.717, 1.165) is 25.2 Å². The van der Waals surface area contributed by atoms with Gasteiger partial charge in [0.25, 0.3) is 0 Å². The van der Waals surface area contributed by atoms with Crippen molar-refractivity contribution in [2.45, 2.75) is 51.5 Å². The summed E-state index contributed by atoms with van der Waals surface area (Å²) in [4.78, 5) is 14.6. The van der Waals surface area contributed by atoms with E-state index in [9.17, 15) is 13.2 Å². The van der Waals surface area contributed by atoms with Crippen LogP contribution in [-0.4, -0.2) is 44.1 Å². The van der Waals surface area contributed by atoms with Crippen molar-refractivity contribution in [1.29, 1.82) is 0 Å². The zero-order valence-electron chi connectivity index (χ0n) is 12.8. The van der Waals surface area contributed by atoms with Crippen LogP contribution in [0.1, 0.15) is 45.4 Å². The van der Waals surface area contributed by atoms with Crippen molar-refractivity contribution in [3.8, 4) is 0 Å². The molecule has 0 unspecified atom stereocenters. The third-order valence-electron chi connectivity index (χ3n) is 5.59. The van der Waals surface area contributed by atoms with Crippen LogP contribution in [0.2, 0.25) is 0 Å². The molecule has 3 rings (SSSR count). The van der Waals surface area contributed by atoms with E-state index in [0.29, 0.717) is 24.9 Å². The second kappa shape index (κ2) is 5.88. The number of amides is 1. The first kappa shape index (κ1) is 15.3. The van der Waals surface area contributed by atoms with Gasteiger partial charge in [-0.15, -0.1) is 0 Å². The molecule has 2 aliphatic carbocycles. The molecule has 0 aromatic heterocycles. The Morgan fingerprint density at radius 1 is 1.14 bits per heavy atom. The van der Waals surface area contributed by atoms with Crippen LogP contribution in [0.3, 0.4) is 0 Å². The first-order valence-electron chi connectivity index (χ1n) is 8.27. The Morgan fingerprint density at radius 3 is 2.38 bits per heavy atom. The molecule has 1 aliphatic heterocycles. The quantitative estimate of drug-likeness (QED) is 0.852. The van der Waals surface area contributed by atoms with Gasteiger partial charge in [-0.2, -0.15) is 0 Å². The number of fused-ring (bicyclic) bond motifs is 2. The van der Waals surface area contributed by atoms with Gasteiger partial charge in [-0.05, 0) is 50.9 Å². The zero-order valence-corrected chi connectivity index (χ0v) is 13.6. The molecular formula is C15H26N2O3S. The molecule has 3 fully saturated rings. The van der Waals surface area contributed by atoms with Crippen LogP contribution in [-0.2, 0) is 14.8 Å². The van der Waals surface area contributed by atoms with Crippen LogP contribution < -0.4 is 4.72 Å². The molecule has 0 radical (unpaired) electrons. The van der Waals surface area contributed by atoms with Crippen LogP contribution in [0.5, 0.6) is 0 Å². The maximum absolute atomic E-state index is 12.6. The number of hydrogen-bond acceptors (Lipinski definition) is 3. The lowest BCUT2D eigenvalue weighted by Crippen LogP contribution is -2.48. The molecule has 1 heterocycles. The molecule has 0 aromatic rings. The Morgan fingerprint density at radius 2 is 1.86 bits per heavy atom. The molecule has 6 heteroatoms. The zero-order chi connectivity index (χ0) is 15.0. The Balaban J connectivity index is 1.50. The lowest BCUT2D eigenvalue weighted by atomic mass is 9.87. The predicted octanol–water partition coefficient (Wildman–Crippen LogP) is 1.35. The summed E-state index contributed by atoms with van der Waals surface area (Å²) in [5.74, 6) is 2.13. The largest absolute Gasteiger partial charge is 0.342 e. The Hall–Kier alpha value is -0.620. The maximum atomic E-state index is 12.6. The van der Waals surface area contributed by atoms with Crippen LogP contribution in [0.25, 0.3) is 0 Å². The molecule has 2 bridgehead atoms. The van der Waals surface area contributed by atoms with Gasteiger partial charge in [0.05, 0.1) is 5.75 Å². The van der Waals surface area contributed by atoms with Crippen LogP contribution in [0.15, 0.2) is 0 Å². The molecule has 3 atom stereocenters. The molecule has 2 saturated carbocycles. The fraction of sp³-hybridized carbons (Fsp3) is 0.933. The number of likely N-dealkylation sites (tertiary alicyclic amines) is 1. The average Bonchev–Trinajstić information content (AvgIpc) is 3.10. The van der Waals surface area contributed by atoms with Crippen LogP contribution >= 0.6 is 0 Å². The summed E-state index contributed by atoms with van der Waals surface area (Å²) in [5, 5.41) is 0. The van der Waals surface area contributed by atoms with Gasteiger partial charge in [0.1, 0.15) is 0 Å². The van der Waals surface area contributed by atoms with Gasteiger partial charge in [0.15, 0.2) is 0 Å². The normalized spacial score (nSPS) is 33.6. The summed E-state index contributed by atoms with van der Waals surface area (Å²) in [6.45, 7) is 3.05. The molecule has 0 spiro atoms. The first-order chi connectivity index (χ1) is 9.98. The van der Waals surface area contributed by atoms with E-state index in [-0.39, 0.29) is 17.7 Å². The number of hydrogen-bond donors (Lipinski definition) is 1. The van der Waals surface area contributed by atoms with Gasteiger partial charge >= 0.3 is 0 Å². The monoisotopic (exact) mass is 314 g/mol. The van der Waals surface area contributed by atoms with Crippen LogP contribution in [0.4, 0.5) is 0 Å². The minimum atomic E-state index is -3.13. The minimum Gasteiger partial charge on any atom is -0.342 e. The third kappa shape index (κ3) is 3.26. The van der Waals surface area contributed by atoms with Crippen molar-refractivity contribution in [2.75, 3.05) is 18.8 Å². The van der Waals surface area contributed by atoms with Gasteiger partial charge in [-0.3, -0.25) is 4.79 Å². The van der Waals surface area contributed by atoms with E-state index in [2.05, 4.69) is 4.72 Å². The van der Waals surface area contributed by atoms with Crippen molar-refractivity contribution in [3.05, 3.63) is 0 Å². The summed E-state index contributed by atoms with van der Waals surface area (Å²) >= 11 is 0. The number of nitrogens with one attached hydrogen (secondary N) is 1. The van der Waals surface area contributed by atoms with E-state index in [1.54, 1.807) is 6.92 Å².